The average Bonchev–Trinajstić information content (AvgIpc) is 2.84. The molecule has 1 amide bonds. The quantitative estimate of drug-likeness (QED) is 0.887. The van der Waals surface area contributed by atoms with Gasteiger partial charge in [0, 0.05) is 17.0 Å². The number of nitrogens with one attached hydrogen (secondary N) is 1. The standard InChI is InChI=1S/C15H15NO3S/c1-10-5-7-13(20-10)15(19)16-12-4-2-3-11(9-12)6-8-14(17)18/h2-5,7,9H,6,8H2,1H3,(H,16,19)(H,17,18). The fraction of sp³-hybridized carbons (Fsp3) is 0.200. The Morgan fingerprint density at radius 2 is 2.05 bits per heavy atom. The third-order valence-corrected chi connectivity index (χ3v) is 3.78. The lowest BCUT2D eigenvalue weighted by Gasteiger charge is -2.06. The summed E-state index contributed by atoms with van der Waals surface area (Å²) in [7, 11) is 0. The van der Waals surface area contributed by atoms with E-state index in [2.05, 4.69) is 5.32 Å². The van der Waals surface area contributed by atoms with E-state index >= 15 is 0 Å². The Morgan fingerprint density at radius 1 is 1.25 bits per heavy atom. The molecule has 0 aliphatic heterocycles. The van der Waals surface area contributed by atoms with Crippen LogP contribution in [0, 0.1) is 6.92 Å². The summed E-state index contributed by atoms with van der Waals surface area (Å²) >= 11 is 1.44. The van der Waals surface area contributed by atoms with Gasteiger partial charge < -0.3 is 10.4 Å². The zero-order chi connectivity index (χ0) is 14.5. The number of aliphatic carboxylic acids is 1. The van der Waals surface area contributed by atoms with Gasteiger partial charge in [-0.3, -0.25) is 9.59 Å². The molecule has 0 saturated carbocycles. The van der Waals surface area contributed by atoms with Crippen LogP contribution >= 0.6 is 11.3 Å². The Kier molecular flexibility index (Phi) is 4.53. The number of carboxylic acids is 1. The summed E-state index contributed by atoms with van der Waals surface area (Å²) in [6.45, 7) is 1.95. The van der Waals surface area contributed by atoms with Crippen molar-refractivity contribution in [3.63, 3.8) is 0 Å². The minimum Gasteiger partial charge on any atom is -0.481 e. The van der Waals surface area contributed by atoms with Crippen molar-refractivity contribution in [2.24, 2.45) is 0 Å². The van der Waals surface area contributed by atoms with Crippen LogP contribution in [0.25, 0.3) is 0 Å². The fourth-order valence-electron chi connectivity index (χ4n) is 1.81. The summed E-state index contributed by atoms with van der Waals surface area (Å²) < 4.78 is 0. The molecule has 20 heavy (non-hydrogen) atoms. The normalized spacial score (nSPS) is 10.2. The minimum absolute atomic E-state index is 0.0848. The summed E-state index contributed by atoms with van der Waals surface area (Å²) in [4.78, 5) is 24.3. The van der Waals surface area contributed by atoms with Crippen LogP contribution < -0.4 is 5.32 Å². The molecule has 1 heterocycles. The third kappa shape index (κ3) is 3.93. The van der Waals surface area contributed by atoms with Gasteiger partial charge in [0.1, 0.15) is 0 Å². The fourth-order valence-corrected chi connectivity index (χ4v) is 2.57. The number of carbonyl (C=O) groups excluding carboxylic acids is 1. The lowest BCUT2D eigenvalue weighted by Crippen LogP contribution is -2.10. The van der Waals surface area contributed by atoms with Crippen LogP contribution in [0.5, 0.6) is 0 Å². The number of benzene rings is 1. The lowest BCUT2D eigenvalue weighted by molar-refractivity contribution is -0.136. The Morgan fingerprint density at radius 3 is 2.70 bits per heavy atom. The van der Waals surface area contributed by atoms with Gasteiger partial charge in [-0.15, -0.1) is 11.3 Å². The van der Waals surface area contributed by atoms with Crippen molar-refractivity contribution < 1.29 is 14.7 Å². The average molecular weight is 289 g/mol. The van der Waals surface area contributed by atoms with Crippen LogP contribution in [0.15, 0.2) is 36.4 Å². The van der Waals surface area contributed by atoms with E-state index in [1.807, 2.05) is 25.1 Å². The maximum Gasteiger partial charge on any atom is 0.303 e. The van der Waals surface area contributed by atoms with Crippen molar-refractivity contribution in [3.05, 3.63) is 51.7 Å². The van der Waals surface area contributed by atoms with E-state index in [1.165, 1.54) is 11.3 Å². The van der Waals surface area contributed by atoms with Crippen LogP contribution in [-0.4, -0.2) is 17.0 Å². The third-order valence-electron chi connectivity index (χ3n) is 2.78. The molecule has 0 fully saturated rings. The molecular weight excluding hydrogens is 274 g/mol. The maximum absolute atomic E-state index is 12.0. The summed E-state index contributed by atoms with van der Waals surface area (Å²) in [5.74, 6) is -0.966. The molecule has 1 aromatic carbocycles. The number of carboxylic acid groups (broad SMARTS) is 1. The van der Waals surface area contributed by atoms with E-state index in [-0.39, 0.29) is 12.3 Å². The second-order valence-corrected chi connectivity index (χ2v) is 5.75. The number of carbonyl (C=O) groups is 2. The van der Waals surface area contributed by atoms with Gasteiger partial charge in [0.15, 0.2) is 0 Å². The molecule has 0 atom stereocenters. The SMILES string of the molecule is Cc1ccc(C(=O)Nc2cccc(CCC(=O)O)c2)s1. The van der Waals surface area contributed by atoms with Crippen LogP contribution in [0.4, 0.5) is 5.69 Å². The highest BCUT2D eigenvalue weighted by Crippen LogP contribution is 2.18. The molecular formula is C15H15NO3S. The van der Waals surface area contributed by atoms with E-state index < -0.39 is 5.97 Å². The maximum atomic E-state index is 12.0. The number of hydrogen-bond donors (Lipinski definition) is 2. The number of amides is 1. The Hall–Kier alpha value is -2.14. The van der Waals surface area contributed by atoms with Crippen LogP contribution in [0.1, 0.15) is 26.5 Å². The molecule has 0 radical (unpaired) electrons. The van der Waals surface area contributed by atoms with Crippen molar-refractivity contribution in [2.75, 3.05) is 5.32 Å². The summed E-state index contributed by atoms with van der Waals surface area (Å²) in [5.41, 5.74) is 1.58. The van der Waals surface area contributed by atoms with Crippen molar-refractivity contribution in [1.82, 2.24) is 0 Å². The highest BCUT2D eigenvalue weighted by Gasteiger charge is 2.08. The molecule has 104 valence electrons. The number of thiophene rings is 1. The minimum atomic E-state index is -0.825. The Labute approximate surface area is 121 Å². The first kappa shape index (κ1) is 14.3. The van der Waals surface area contributed by atoms with Gasteiger partial charge in [-0.2, -0.15) is 0 Å². The van der Waals surface area contributed by atoms with Crippen molar-refractivity contribution >= 4 is 28.9 Å². The molecule has 2 aromatic rings. The first-order valence-electron chi connectivity index (χ1n) is 6.23. The number of rotatable bonds is 5. The zero-order valence-electron chi connectivity index (χ0n) is 11.1. The molecule has 0 saturated heterocycles. The van der Waals surface area contributed by atoms with Gasteiger partial charge >= 0.3 is 5.97 Å². The van der Waals surface area contributed by atoms with Crippen LogP contribution in [-0.2, 0) is 11.2 Å². The van der Waals surface area contributed by atoms with E-state index in [4.69, 9.17) is 5.11 Å². The summed E-state index contributed by atoms with van der Waals surface area (Å²) in [6, 6.07) is 11.0. The molecule has 4 nitrogen and oxygen atoms in total. The van der Waals surface area contributed by atoms with E-state index in [0.29, 0.717) is 17.0 Å². The molecule has 0 aliphatic carbocycles. The monoisotopic (exact) mass is 289 g/mol. The summed E-state index contributed by atoms with van der Waals surface area (Å²) in [6.07, 6.45) is 0.540. The topological polar surface area (TPSA) is 66.4 Å². The predicted molar refractivity (Wildman–Crippen MR) is 79.4 cm³/mol. The second-order valence-electron chi connectivity index (χ2n) is 4.46. The number of anilines is 1. The van der Waals surface area contributed by atoms with Gasteiger partial charge in [-0.25, -0.2) is 0 Å². The summed E-state index contributed by atoms with van der Waals surface area (Å²) in [5, 5.41) is 11.5. The highest BCUT2D eigenvalue weighted by molar-refractivity contribution is 7.14. The molecule has 2 N–H and O–H groups in total. The van der Waals surface area contributed by atoms with Gasteiger partial charge in [0.25, 0.3) is 5.91 Å². The van der Waals surface area contributed by atoms with Crippen LogP contribution in [0.3, 0.4) is 0 Å². The molecule has 0 unspecified atom stereocenters. The molecule has 2 rings (SSSR count). The second kappa shape index (κ2) is 6.34. The highest BCUT2D eigenvalue weighted by atomic mass is 32.1. The van der Waals surface area contributed by atoms with Crippen molar-refractivity contribution in [1.29, 1.82) is 0 Å². The van der Waals surface area contributed by atoms with Crippen LogP contribution in [0.2, 0.25) is 0 Å². The zero-order valence-corrected chi connectivity index (χ0v) is 11.9. The number of aryl methyl sites for hydroxylation is 2. The molecule has 0 aliphatic rings. The van der Waals surface area contributed by atoms with Gasteiger partial charge in [0.2, 0.25) is 0 Å². The van der Waals surface area contributed by atoms with E-state index in [1.54, 1.807) is 18.2 Å². The van der Waals surface area contributed by atoms with Gasteiger partial charge in [-0.05, 0) is 43.2 Å². The van der Waals surface area contributed by atoms with Gasteiger partial charge in [0.05, 0.1) is 4.88 Å². The van der Waals surface area contributed by atoms with Gasteiger partial charge in [-0.1, -0.05) is 12.1 Å². The largest absolute Gasteiger partial charge is 0.481 e. The van der Waals surface area contributed by atoms with E-state index in [9.17, 15) is 9.59 Å². The first-order chi connectivity index (χ1) is 9.54. The van der Waals surface area contributed by atoms with Crippen molar-refractivity contribution in [3.8, 4) is 0 Å². The molecule has 0 bridgehead atoms. The molecule has 5 heteroatoms. The Bertz CT molecular complexity index is 634. The smallest absolute Gasteiger partial charge is 0.303 e. The molecule has 0 spiro atoms. The lowest BCUT2D eigenvalue weighted by atomic mass is 10.1. The first-order valence-corrected chi connectivity index (χ1v) is 7.05. The van der Waals surface area contributed by atoms with Crippen molar-refractivity contribution in [2.45, 2.75) is 19.8 Å². The predicted octanol–water partition coefficient (Wildman–Crippen LogP) is 3.33. The Balaban J connectivity index is 2.04. The molecule has 1 aromatic heterocycles. The van der Waals surface area contributed by atoms with E-state index in [0.717, 1.165) is 10.4 Å². The number of hydrogen-bond acceptors (Lipinski definition) is 3.